The molecule has 1 amide bonds. The Hall–Kier alpha value is -1.52. The van der Waals surface area contributed by atoms with Gasteiger partial charge in [-0.3, -0.25) is 4.79 Å². The molecule has 2 rings (SSSR count). The van der Waals surface area contributed by atoms with Crippen LogP contribution in [0, 0.1) is 0 Å². The van der Waals surface area contributed by atoms with E-state index in [4.69, 9.17) is 11.6 Å². The van der Waals surface area contributed by atoms with Crippen molar-refractivity contribution in [2.45, 2.75) is 13.0 Å². The second-order valence-electron chi connectivity index (χ2n) is 4.37. The average Bonchev–Trinajstić information content (AvgIpc) is 2.44. The molecule has 0 aromatic heterocycles. The van der Waals surface area contributed by atoms with Gasteiger partial charge in [-0.25, -0.2) is 0 Å². The first-order valence-electron chi connectivity index (χ1n) is 6.13. The SMILES string of the molecule is C[C@@H](Nc1ccc(Br)cc1)C(=O)Nc1ccc(Cl)cc1. The maximum Gasteiger partial charge on any atom is 0.246 e. The van der Waals surface area contributed by atoms with Gasteiger partial charge in [-0.15, -0.1) is 0 Å². The third-order valence-electron chi connectivity index (χ3n) is 2.73. The minimum atomic E-state index is -0.341. The van der Waals surface area contributed by atoms with Gasteiger partial charge in [-0.05, 0) is 55.5 Å². The van der Waals surface area contributed by atoms with Crippen molar-refractivity contribution < 1.29 is 4.79 Å². The number of benzene rings is 2. The molecule has 0 unspecified atom stereocenters. The van der Waals surface area contributed by atoms with Crippen LogP contribution in [0.25, 0.3) is 0 Å². The maximum absolute atomic E-state index is 12.1. The minimum Gasteiger partial charge on any atom is -0.374 e. The summed E-state index contributed by atoms with van der Waals surface area (Å²) in [6.45, 7) is 1.81. The molecule has 20 heavy (non-hydrogen) atoms. The van der Waals surface area contributed by atoms with E-state index in [1.807, 2.05) is 31.2 Å². The quantitative estimate of drug-likeness (QED) is 0.847. The number of halogens is 2. The molecule has 0 aliphatic heterocycles. The van der Waals surface area contributed by atoms with E-state index in [0.717, 1.165) is 15.8 Å². The predicted octanol–water partition coefficient (Wildman–Crippen LogP) is 4.54. The lowest BCUT2D eigenvalue weighted by Crippen LogP contribution is -2.31. The highest BCUT2D eigenvalue weighted by atomic mass is 79.9. The molecule has 2 aromatic carbocycles. The Balaban J connectivity index is 1.94. The normalized spacial score (nSPS) is 11.8. The molecule has 104 valence electrons. The van der Waals surface area contributed by atoms with Crippen LogP contribution in [0.3, 0.4) is 0 Å². The molecule has 3 nitrogen and oxygen atoms in total. The molecule has 0 heterocycles. The fourth-order valence-electron chi connectivity index (χ4n) is 1.65. The molecule has 0 saturated carbocycles. The molecule has 0 aliphatic carbocycles. The Morgan fingerprint density at radius 2 is 1.60 bits per heavy atom. The summed E-state index contributed by atoms with van der Waals surface area (Å²) >= 11 is 9.17. The van der Waals surface area contributed by atoms with Crippen molar-refractivity contribution in [2.24, 2.45) is 0 Å². The monoisotopic (exact) mass is 352 g/mol. The van der Waals surface area contributed by atoms with Crippen LogP contribution in [0.4, 0.5) is 11.4 Å². The van der Waals surface area contributed by atoms with Gasteiger partial charge >= 0.3 is 0 Å². The second kappa shape index (κ2) is 6.77. The third kappa shape index (κ3) is 4.25. The predicted molar refractivity (Wildman–Crippen MR) is 87.3 cm³/mol. The van der Waals surface area contributed by atoms with E-state index < -0.39 is 0 Å². The summed E-state index contributed by atoms with van der Waals surface area (Å²) in [5, 5.41) is 6.62. The van der Waals surface area contributed by atoms with Crippen molar-refractivity contribution in [1.82, 2.24) is 0 Å². The molecule has 0 saturated heterocycles. The van der Waals surface area contributed by atoms with Crippen molar-refractivity contribution in [3.63, 3.8) is 0 Å². The molecule has 0 radical (unpaired) electrons. The summed E-state index contributed by atoms with van der Waals surface area (Å²) in [5.74, 6) is -0.102. The molecular weight excluding hydrogens is 340 g/mol. The van der Waals surface area contributed by atoms with Gasteiger partial charge in [0.1, 0.15) is 6.04 Å². The van der Waals surface area contributed by atoms with Crippen molar-refractivity contribution in [1.29, 1.82) is 0 Å². The van der Waals surface area contributed by atoms with Gasteiger partial charge in [-0.1, -0.05) is 27.5 Å². The fourth-order valence-corrected chi connectivity index (χ4v) is 2.04. The molecule has 1 atom stereocenters. The highest BCUT2D eigenvalue weighted by Gasteiger charge is 2.12. The van der Waals surface area contributed by atoms with Crippen LogP contribution >= 0.6 is 27.5 Å². The zero-order chi connectivity index (χ0) is 14.5. The number of rotatable bonds is 4. The summed E-state index contributed by atoms with van der Waals surface area (Å²) in [7, 11) is 0. The van der Waals surface area contributed by atoms with E-state index in [1.165, 1.54) is 0 Å². The van der Waals surface area contributed by atoms with Crippen LogP contribution < -0.4 is 10.6 Å². The van der Waals surface area contributed by atoms with Gasteiger partial charge in [0, 0.05) is 20.9 Å². The molecule has 0 spiro atoms. The minimum absolute atomic E-state index is 0.102. The highest BCUT2D eigenvalue weighted by molar-refractivity contribution is 9.10. The van der Waals surface area contributed by atoms with E-state index in [0.29, 0.717) is 5.02 Å². The largest absolute Gasteiger partial charge is 0.374 e. The average molecular weight is 354 g/mol. The van der Waals surface area contributed by atoms with E-state index in [-0.39, 0.29) is 11.9 Å². The van der Waals surface area contributed by atoms with E-state index >= 15 is 0 Å². The van der Waals surface area contributed by atoms with Crippen LogP contribution in [0.1, 0.15) is 6.92 Å². The molecular formula is C15H14BrClN2O. The van der Waals surface area contributed by atoms with E-state index in [2.05, 4.69) is 26.6 Å². The van der Waals surface area contributed by atoms with Gasteiger partial charge in [0.15, 0.2) is 0 Å². The van der Waals surface area contributed by atoms with E-state index in [1.54, 1.807) is 24.3 Å². The lowest BCUT2D eigenvalue weighted by atomic mass is 10.2. The summed E-state index contributed by atoms with van der Waals surface area (Å²) in [4.78, 5) is 12.1. The number of amides is 1. The van der Waals surface area contributed by atoms with Gasteiger partial charge in [-0.2, -0.15) is 0 Å². The smallest absolute Gasteiger partial charge is 0.246 e. The van der Waals surface area contributed by atoms with Crippen LogP contribution in [-0.2, 0) is 4.79 Å². The molecule has 5 heteroatoms. The fraction of sp³-hybridized carbons (Fsp3) is 0.133. The number of hydrogen-bond donors (Lipinski definition) is 2. The van der Waals surface area contributed by atoms with Gasteiger partial charge in [0.2, 0.25) is 5.91 Å². The Labute approximate surface area is 131 Å². The van der Waals surface area contributed by atoms with Gasteiger partial charge in [0.05, 0.1) is 0 Å². The summed E-state index contributed by atoms with van der Waals surface area (Å²) in [6.07, 6.45) is 0. The Bertz CT molecular complexity index is 584. The summed E-state index contributed by atoms with van der Waals surface area (Å²) < 4.78 is 1.00. The lowest BCUT2D eigenvalue weighted by Gasteiger charge is -2.15. The molecule has 0 bridgehead atoms. The Morgan fingerprint density at radius 3 is 2.20 bits per heavy atom. The van der Waals surface area contributed by atoms with Crippen molar-refractivity contribution in [3.05, 3.63) is 58.0 Å². The van der Waals surface area contributed by atoms with Gasteiger partial charge < -0.3 is 10.6 Å². The van der Waals surface area contributed by atoms with Crippen molar-refractivity contribution >= 4 is 44.8 Å². The molecule has 2 N–H and O–H groups in total. The molecule has 2 aromatic rings. The molecule has 0 fully saturated rings. The Morgan fingerprint density at radius 1 is 1.05 bits per heavy atom. The van der Waals surface area contributed by atoms with Gasteiger partial charge in [0.25, 0.3) is 0 Å². The zero-order valence-corrected chi connectivity index (χ0v) is 13.2. The topological polar surface area (TPSA) is 41.1 Å². The number of nitrogens with one attached hydrogen (secondary N) is 2. The van der Waals surface area contributed by atoms with Crippen molar-refractivity contribution in [3.8, 4) is 0 Å². The van der Waals surface area contributed by atoms with Crippen LogP contribution in [0.5, 0.6) is 0 Å². The standard InChI is InChI=1S/C15H14BrClN2O/c1-10(18-13-6-2-11(16)3-7-13)15(20)19-14-8-4-12(17)5-9-14/h2-10,18H,1H3,(H,19,20)/t10-/m1/s1. The highest BCUT2D eigenvalue weighted by Crippen LogP contribution is 2.16. The van der Waals surface area contributed by atoms with Crippen molar-refractivity contribution in [2.75, 3.05) is 10.6 Å². The van der Waals surface area contributed by atoms with Crippen LogP contribution in [0.2, 0.25) is 5.02 Å². The first-order chi connectivity index (χ1) is 9.54. The number of anilines is 2. The first kappa shape index (κ1) is 14.9. The zero-order valence-electron chi connectivity index (χ0n) is 10.9. The lowest BCUT2D eigenvalue weighted by molar-refractivity contribution is -0.116. The second-order valence-corrected chi connectivity index (χ2v) is 5.72. The van der Waals surface area contributed by atoms with E-state index in [9.17, 15) is 4.79 Å². The third-order valence-corrected chi connectivity index (χ3v) is 3.51. The Kier molecular flexibility index (Phi) is 5.04. The summed E-state index contributed by atoms with van der Waals surface area (Å²) in [6, 6.07) is 14.4. The summed E-state index contributed by atoms with van der Waals surface area (Å²) in [5.41, 5.74) is 1.62. The first-order valence-corrected chi connectivity index (χ1v) is 7.30. The number of carbonyl (C=O) groups is 1. The number of carbonyl (C=O) groups excluding carboxylic acids is 1. The maximum atomic E-state index is 12.1. The van der Waals surface area contributed by atoms with Crippen LogP contribution in [-0.4, -0.2) is 11.9 Å². The number of hydrogen-bond acceptors (Lipinski definition) is 2. The molecule has 0 aliphatic rings. The van der Waals surface area contributed by atoms with Crippen LogP contribution in [0.15, 0.2) is 53.0 Å².